The van der Waals surface area contributed by atoms with E-state index < -0.39 is 0 Å². The van der Waals surface area contributed by atoms with Crippen LogP contribution in [0, 0.1) is 11.3 Å². The van der Waals surface area contributed by atoms with Gasteiger partial charge in [-0.1, -0.05) is 19.3 Å². The Kier molecular flexibility index (Phi) is 6.97. The van der Waals surface area contributed by atoms with Crippen LogP contribution in [0.3, 0.4) is 0 Å². The number of morpholine rings is 1. The molecule has 1 saturated heterocycles. The second-order valence-electron chi connectivity index (χ2n) is 7.46. The van der Waals surface area contributed by atoms with Crippen LogP contribution >= 0.6 is 0 Å². The maximum Gasteiger partial charge on any atom is 0.137 e. The van der Waals surface area contributed by atoms with Crippen molar-refractivity contribution in [2.75, 3.05) is 18.4 Å². The first-order valence-electron chi connectivity index (χ1n) is 9.93. The Balaban J connectivity index is 0.000000221. The Morgan fingerprint density at radius 3 is 2.48 bits per heavy atom. The molecular formula is C21H29N5O. The fourth-order valence-electron chi connectivity index (χ4n) is 3.66. The highest BCUT2D eigenvalue weighted by molar-refractivity contribution is 5.89. The van der Waals surface area contributed by atoms with Crippen LogP contribution in [0.15, 0.2) is 24.5 Å². The summed E-state index contributed by atoms with van der Waals surface area (Å²) >= 11 is 0. The molecule has 2 fully saturated rings. The summed E-state index contributed by atoms with van der Waals surface area (Å²) in [5, 5.41) is 16.7. The van der Waals surface area contributed by atoms with E-state index in [9.17, 15) is 0 Å². The first kappa shape index (κ1) is 19.5. The van der Waals surface area contributed by atoms with Gasteiger partial charge in [0.2, 0.25) is 0 Å². The van der Waals surface area contributed by atoms with Gasteiger partial charge in [-0.3, -0.25) is 0 Å². The minimum Gasteiger partial charge on any atom is -0.373 e. The number of nitriles is 1. The van der Waals surface area contributed by atoms with Crippen LogP contribution in [0.25, 0.3) is 10.9 Å². The number of fused-ring (bicyclic) bond motifs is 1. The lowest BCUT2D eigenvalue weighted by Gasteiger charge is -2.25. The van der Waals surface area contributed by atoms with E-state index in [1.54, 1.807) is 12.4 Å². The van der Waals surface area contributed by atoms with Crippen LogP contribution in [-0.4, -0.2) is 41.3 Å². The highest BCUT2D eigenvalue weighted by Gasteiger charge is 2.15. The zero-order chi connectivity index (χ0) is 19.1. The molecule has 2 heterocycles. The molecule has 0 spiro atoms. The van der Waals surface area contributed by atoms with Gasteiger partial charge in [-0.25, -0.2) is 9.97 Å². The van der Waals surface area contributed by atoms with Crippen LogP contribution in [0.1, 0.15) is 51.5 Å². The first-order chi connectivity index (χ1) is 13.2. The molecule has 1 aliphatic carbocycles. The van der Waals surface area contributed by atoms with Crippen molar-refractivity contribution < 1.29 is 4.74 Å². The second-order valence-corrected chi connectivity index (χ2v) is 7.46. The largest absolute Gasteiger partial charge is 0.373 e. The lowest BCUT2D eigenvalue weighted by atomic mass is 9.95. The third-order valence-corrected chi connectivity index (χ3v) is 5.04. The van der Waals surface area contributed by atoms with Gasteiger partial charge < -0.3 is 15.4 Å². The normalized spacial score (nSPS) is 23.1. The van der Waals surface area contributed by atoms with Gasteiger partial charge in [0.1, 0.15) is 12.1 Å². The molecule has 2 atom stereocenters. The number of hydrogen-bond acceptors (Lipinski definition) is 6. The molecule has 2 aromatic rings. The third kappa shape index (κ3) is 5.62. The smallest absolute Gasteiger partial charge is 0.137 e. The van der Waals surface area contributed by atoms with Crippen molar-refractivity contribution in [1.29, 1.82) is 5.26 Å². The fourth-order valence-corrected chi connectivity index (χ4v) is 3.66. The van der Waals surface area contributed by atoms with Crippen molar-refractivity contribution >= 4 is 16.7 Å². The fraction of sp³-hybridized carbons (Fsp3) is 0.571. The van der Waals surface area contributed by atoms with Gasteiger partial charge in [0.05, 0.1) is 29.4 Å². The molecule has 0 bridgehead atoms. The Labute approximate surface area is 161 Å². The van der Waals surface area contributed by atoms with Crippen LogP contribution in [0.5, 0.6) is 0 Å². The molecule has 2 aliphatic rings. The van der Waals surface area contributed by atoms with Gasteiger partial charge in [0.25, 0.3) is 0 Å². The summed E-state index contributed by atoms with van der Waals surface area (Å²) in [5.41, 5.74) is 1.53. The quantitative estimate of drug-likeness (QED) is 0.843. The summed E-state index contributed by atoms with van der Waals surface area (Å²) in [7, 11) is 0. The summed E-state index contributed by atoms with van der Waals surface area (Å²) in [6.07, 6.45) is 8.68. The predicted molar refractivity (Wildman–Crippen MR) is 108 cm³/mol. The Morgan fingerprint density at radius 1 is 1.11 bits per heavy atom. The number of anilines is 1. The first-order valence-corrected chi connectivity index (χ1v) is 9.93. The number of rotatable bonds is 2. The number of nitrogens with one attached hydrogen (secondary N) is 2. The van der Waals surface area contributed by atoms with Gasteiger partial charge in [-0.15, -0.1) is 0 Å². The average Bonchev–Trinajstić information content (AvgIpc) is 2.69. The van der Waals surface area contributed by atoms with Gasteiger partial charge in [-0.2, -0.15) is 5.26 Å². The maximum atomic E-state index is 9.00. The van der Waals surface area contributed by atoms with Crippen molar-refractivity contribution in [3.05, 3.63) is 30.1 Å². The van der Waals surface area contributed by atoms with Gasteiger partial charge in [-0.05, 0) is 44.9 Å². The maximum absolute atomic E-state index is 9.00. The molecule has 27 heavy (non-hydrogen) atoms. The molecule has 4 rings (SSSR count). The summed E-state index contributed by atoms with van der Waals surface area (Å²) in [4.78, 5) is 8.59. The van der Waals surface area contributed by atoms with E-state index in [-0.39, 0.29) is 0 Å². The van der Waals surface area contributed by atoms with Crippen LogP contribution in [0.4, 0.5) is 5.82 Å². The minimum absolute atomic E-state index is 0.402. The van der Waals surface area contributed by atoms with Crippen LogP contribution < -0.4 is 10.6 Å². The van der Waals surface area contributed by atoms with Gasteiger partial charge in [0.15, 0.2) is 0 Å². The van der Waals surface area contributed by atoms with E-state index in [1.165, 1.54) is 32.1 Å². The van der Waals surface area contributed by atoms with E-state index in [0.29, 0.717) is 23.8 Å². The lowest BCUT2D eigenvalue weighted by molar-refractivity contribution is -0.0166. The number of aromatic nitrogens is 2. The Bertz CT molecular complexity index is 774. The zero-order valence-electron chi connectivity index (χ0n) is 16.2. The summed E-state index contributed by atoms with van der Waals surface area (Å²) in [5.74, 6) is 0.856. The molecule has 6 nitrogen and oxygen atoms in total. The molecule has 6 heteroatoms. The molecule has 144 valence electrons. The molecular weight excluding hydrogens is 338 g/mol. The number of hydrogen-bond donors (Lipinski definition) is 2. The summed E-state index contributed by atoms with van der Waals surface area (Å²) in [6.45, 7) is 6.18. The van der Waals surface area contributed by atoms with Crippen molar-refractivity contribution in [1.82, 2.24) is 15.3 Å². The van der Waals surface area contributed by atoms with E-state index in [4.69, 9.17) is 10.00 Å². The minimum atomic E-state index is 0.402. The van der Waals surface area contributed by atoms with Gasteiger partial charge in [0, 0.05) is 24.5 Å². The Morgan fingerprint density at radius 2 is 1.85 bits per heavy atom. The van der Waals surface area contributed by atoms with Crippen molar-refractivity contribution in [3.8, 4) is 6.07 Å². The van der Waals surface area contributed by atoms with E-state index in [2.05, 4.69) is 40.5 Å². The van der Waals surface area contributed by atoms with Crippen LogP contribution in [-0.2, 0) is 4.74 Å². The zero-order valence-corrected chi connectivity index (χ0v) is 16.2. The van der Waals surface area contributed by atoms with E-state index in [0.717, 1.165) is 29.8 Å². The molecule has 1 saturated carbocycles. The third-order valence-electron chi connectivity index (χ3n) is 5.04. The highest BCUT2D eigenvalue weighted by Crippen LogP contribution is 2.25. The predicted octanol–water partition coefficient (Wildman–Crippen LogP) is 3.63. The SMILES string of the molecule is CC1CNCC(C)O1.N#Cc1ccc2ncnc(NC3CCCCC3)c2c1. The second kappa shape index (κ2) is 9.63. The topological polar surface area (TPSA) is 82.9 Å². The number of benzene rings is 1. The molecule has 0 amide bonds. The lowest BCUT2D eigenvalue weighted by Crippen LogP contribution is -2.41. The molecule has 1 aromatic carbocycles. The highest BCUT2D eigenvalue weighted by atomic mass is 16.5. The number of ether oxygens (including phenoxy) is 1. The standard InChI is InChI=1S/C15H16N4.C6H13NO/c16-9-11-6-7-14-13(8-11)15(18-10-17-14)19-12-4-2-1-3-5-12;1-5-3-7-4-6(2)8-5/h6-8,10,12H,1-5H2,(H,17,18,19);5-7H,3-4H2,1-2H3. The van der Waals surface area contributed by atoms with Gasteiger partial charge >= 0.3 is 0 Å². The number of nitrogens with zero attached hydrogens (tertiary/aromatic N) is 3. The monoisotopic (exact) mass is 367 g/mol. The molecule has 1 aromatic heterocycles. The Hall–Kier alpha value is -2.23. The van der Waals surface area contributed by atoms with Crippen molar-refractivity contribution in [2.45, 2.75) is 64.2 Å². The van der Waals surface area contributed by atoms with Crippen molar-refractivity contribution in [3.63, 3.8) is 0 Å². The van der Waals surface area contributed by atoms with Crippen molar-refractivity contribution in [2.24, 2.45) is 0 Å². The van der Waals surface area contributed by atoms with E-state index in [1.807, 2.05) is 12.1 Å². The molecule has 0 radical (unpaired) electrons. The molecule has 2 unspecified atom stereocenters. The summed E-state index contributed by atoms with van der Waals surface area (Å²) in [6, 6.07) is 8.19. The van der Waals surface area contributed by atoms with Crippen LogP contribution in [0.2, 0.25) is 0 Å². The summed E-state index contributed by atoms with van der Waals surface area (Å²) < 4.78 is 5.42. The molecule has 2 N–H and O–H groups in total. The molecule has 1 aliphatic heterocycles. The van der Waals surface area contributed by atoms with E-state index >= 15 is 0 Å². The average molecular weight is 367 g/mol.